The number of hydrogen-bond acceptors (Lipinski definition) is 3. The van der Waals surface area contributed by atoms with E-state index in [-0.39, 0.29) is 5.97 Å². The Kier molecular flexibility index (Phi) is 3.25. The largest absolute Gasteiger partial charge is 0.464 e. The van der Waals surface area contributed by atoms with Crippen LogP contribution >= 0.6 is 0 Å². The number of benzene rings is 1. The molecule has 3 aromatic rings. The van der Waals surface area contributed by atoms with E-state index >= 15 is 0 Å². The Labute approximate surface area is 122 Å². The number of carbonyl (C=O) groups excluding carboxylic acids is 1. The number of aryl methyl sites for hydroxylation is 2. The third kappa shape index (κ3) is 2.11. The second-order valence-corrected chi connectivity index (χ2v) is 4.88. The SMILES string of the molecule is CCn1cc(-c2cc(C(=O)OC)n(C)n2)c2ccccc21. The van der Waals surface area contributed by atoms with E-state index in [1.165, 1.54) is 12.6 Å². The van der Waals surface area contributed by atoms with E-state index in [0.29, 0.717) is 5.69 Å². The van der Waals surface area contributed by atoms with E-state index in [1.54, 1.807) is 17.8 Å². The standard InChI is InChI=1S/C16H17N3O2/c1-4-19-10-12(11-7-5-6-8-14(11)19)13-9-15(16(20)21-3)18(2)17-13/h5-10H,4H2,1-3H3. The number of nitrogens with zero attached hydrogens (tertiary/aromatic N) is 3. The molecule has 0 fully saturated rings. The average molecular weight is 283 g/mol. The minimum Gasteiger partial charge on any atom is -0.464 e. The fraction of sp³-hybridized carbons (Fsp3) is 0.250. The van der Waals surface area contributed by atoms with E-state index in [0.717, 1.165) is 23.2 Å². The molecule has 0 amide bonds. The summed E-state index contributed by atoms with van der Waals surface area (Å²) in [4.78, 5) is 11.7. The molecule has 0 aliphatic carbocycles. The lowest BCUT2D eigenvalue weighted by atomic mass is 10.1. The van der Waals surface area contributed by atoms with Crippen molar-refractivity contribution in [3.63, 3.8) is 0 Å². The molecule has 0 saturated carbocycles. The first-order valence-corrected chi connectivity index (χ1v) is 6.86. The molecule has 108 valence electrons. The number of esters is 1. The van der Waals surface area contributed by atoms with Crippen molar-refractivity contribution < 1.29 is 9.53 Å². The summed E-state index contributed by atoms with van der Waals surface area (Å²) in [6.45, 7) is 2.99. The number of aromatic nitrogens is 3. The zero-order valence-corrected chi connectivity index (χ0v) is 12.3. The van der Waals surface area contributed by atoms with E-state index in [9.17, 15) is 4.79 Å². The Morgan fingerprint density at radius 2 is 2.10 bits per heavy atom. The van der Waals surface area contributed by atoms with Gasteiger partial charge in [-0.15, -0.1) is 0 Å². The molecule has 0 saturated heterocycles. The zero-order valence-electron chi connectivity index (χ0n) is 12.3. The topological polar surface area (TPSA) is 49.0 Å². The number of fused-ring (bicyclic) bond motifs is 1. The van der Waals surface area contributed by atoms with Crippen LogP contribution in [0.25, 0.3) is 22.2 Å². The van der Waals surface area contributed by atoms with Gasteiger partial charge in [0.05, 0.1) is 12.8 Å². The highest BCUT2D eigenvalue weighted by atomic mass is 16.5. The second kappa shape index (κ2) is 5.09. The van der Waals surface area contributed by atoms with Gasteiger partial charge in [-0.3, -0.25) is 4.68 Å². The minimum atomic E-state index is -0.379. The van der Waals surface area contributed by atoms with Crippen molar-refractivity contribution in [3.05, 3.63) is 42.2 Å². The third-order valence-electron chi connectivity index (χ3n) is 3.68. The van der Waals surface area contributed by atoms with Crippen LogP contribution in [0.2, 0.25) is 0 Å². The van der Waals surface area contributed by atoms with Gasteiger partial charge in [0, 0.05) is 36.3 Å². The molecule has 0 aliphatic heterocycles. The van der Waals surface area contributed by atoms with Crippen molar-refractivity contribution in [1.82, 2.24) is 14.3 Å². The molecule has 5 nitrogen and oxygen atoms in total. The van der Waals surface area contributed by atoms with Gasteiger partial charge in [-0.25, -0.2) is 4.79 Å². The Balaban J connectivity index is 2.19. The number of rotatable bonds is 3. The zero-order chi connectivity index (χ0) is 15.0. The number of carbonyl (C=O) groups is 1. The average Bonchev–Trinajstić information content (AvgIpc) is 3.07. The lowest BCUT2D eigenvalue weighted by Crippen LogP contribution is -2.07. The molecule has 2 aromatic heterocycles. The lowest BCUT2D eigenvalue weighted by Gasteiger charge is -1.97. The third-order valence-corrected chi connectivity index (χ3v) is 3.68. The van der Waals surface area contributed by atoms with Gasteiger partial charge in [0.25, 0.3) is 0 Å². The highest BCUT2D eigenvalue weighted by Gasteiger charge is 2.17. The van der Waals surface area contributed by atoms with Crippen LogP contribution in [0.1, 0.15) is 17.4 Å². The molecule has 0 unspecified atom stereocenters. The lowest BCUT2D eigenvalue weighted by molar-refractivity contribution is 0.0588. The highest BCUT2D eigenvalue weighted by molar-refractivity contribution is 5.97. The molecular weight excluding hydrogens is 266 g/mol. The molecular formula is C16H17N3O2. The van der Waals surface area contributed by atoms with Crippen LogP contribution in [0.4, 0.5) is 0 Å². The van der Waals surface area contributed by atoms with Crippen LogP contribution < -0.4 is 0 Å². The van der Waals surface area contributed by atoms with Crippen LogP contribution in [0.5, 0.6) is 0 Å². The predicted octanol–water partition coefficient (Wildman–Crippen LogP) is 2.85. The molecule has 1 aromatic carbocycles. The van der Waals surface area contributed by atoms with Crippen LogP contribution in [-0.2, 0) is 18.3 Å². The van der Waals surface area contributed by atoms with Gasteiger partial charge < -0.3 is 9.30 Å². The quantitative estimate of drug-likeness (QED) is 0.694. The fourth-order valence-electron chi connectivity index (χ4n) is 2.61. The van der Waals surface area contributed by atoms with Crippen molar-refractivity contribution >= 4 is 16.9 Å². The first-order chi connectivity index (χ1) is 10.2. The molecule has 2 heterocycles. The van der Waals surface area contributed by atoms with Crippen molar-refractivity contribution in [2.45, 2.75) is 13.5 Å². The van der Waals surface area contributed by atoms with E-state index in [1.807, 2.05) is 12.1 Å². The van der Waals surface area contributed by atoms with Crippen LogP contribution in [0.3, 0.4) is 0 Å². The molecule has 21 heavy (non-hydrogen) atoms. The van der Waals surface area contributed by atoms with Crippen LogP contribution in [-0.4, -0.2) is 27.4 Å². The van der Waals surface area contributed by atoms with E-state index in [2.05, 4.69) is 34.9 Å². The van der Waals surface area contributed by atoms with E-state index in [4.69, 9.17) is 4.74 Å². The van der Waals surface area contributed by atoms with Gasteiger partial charge in [0.1, 0.15) is 5.69 Å². The summed E-state index contributed by atoms with van der Waals surface area (Å²) in [5.41, 5.74) is 3.42. The van der Waals surface area contributed by atoms with Gasteiger partial charge in [0.15, 0.2) is 0 Å². The number of ether oxygens (including phenoxy) is 1. The molecule has 0 N–H and O–H groups in total. The monoisotopic (exact) mass is 283 g/mol. The van der Waals surface area contributed by atoms with Crippen molar-refractivity contribution in [2.24, 2.45) is 7.05 Å². The van der Waals surface area contributed by atoms with Crippen LogP contribution in [0.15, 0.2) is 36.5 Å². The number of hydrogen-bond donors (Lipinski definition) is 0. The van der Waals surface area contributed by atoms with Crippen LogP contribution in [0, 0.1) is 0 Å². The molecule has 0 aliphatic rings. The maximum Gasteiger partial charge on any atom is 0.356 e. The Morgan fingerprint density at radius 3 is 2.81 bits per heavy atom. The van der Waals surface area contributed by atoms with Gasteiger partial charge in [0.2, 0.25) is 0 Å². The fourth-order valence-corrected chi connectivity index (χ4v) is 2.61. The molecule has 0 bridgehead atoms. The van der Waals surface area contributed by atoms with Crippen molar-refractivity contribution in [2.75, 3.05) is 7.11 Å². The summed E-state index contributed by atoms with van der Waals surface area (Å²) in [5, 5.41) is 5.58. The molecule has 0 radical (unpaired) electrons. The van der Waals surface area contributed by atoms with E-state index < -0.39 is 0 Å². The molecule has 3 rings (SSSR count). The first kappa shape index (κ1) is 13.4. The van der Waals surface area contributed by atoms with Gasteiger partial charge >= 0.3 is 5.97 Å². The number of methoxy groups -OCH3 is 1. The summed E-state index contributed by atoms with van der Waals surface area (Å²) in [5.74, 6) is -0.379. The molecule has 0 atom stereocenters. The van der Waals surface area contributed by atoms with Gasteiger partial charge in [-0.1, -0.05) is 18.2 Å². The predicted molar refractivity (Wildman–Crippen MR) is 81.2 cm³/mol. The Morgan fingerprint density at radius 1 is 1.33 bits per heavy atom. The van der Waals surface area contributed by atoms with Crippen molar-refractivity contribution in [1.29, 1.82) is 0 Å². The maximum absolute atomic E-state index is 11.7. The van der Waals surface area contributed by atoms with Crippen molar-refractivity contribution in [3.8, 4) is 11.3 Å². The smallest absolute Gasteiger partial charge is 0.356 e. The van der Waals surface area contributed by atoms with Gasteiger partial charge in [-0.05, 0) is 19.1 Å². The summed E-state index contributed by atoms with van der Waals surface area (Å²) < 4.78 is 8.51. The Bertz CT molecular complexity index is 814. The summed E-state index contributed by atoms with van der Waals surface area (Å²) >= 11 is 0. The maximum atomic E-state index is 11.7. The normalized spacial score (nSPS) is 11.0. The Hall–Kier alpha value is -2.56. The minimum absolute atomic E-state index is 0.379. The second-order valence-electron chi connectivity index (χ2n) is 4.88. The van der Waals surface area contributed by atoms with Gasteiger partial charge in [-0.2, -0.15) is 5.10 Å². The molecule has 0 spiro atoms. The highest BCUT2D eigenvalue weighted by Crippen LogP contribution is 2.30. The molecule has 5 heteroatoms. The summed E-state index contributed by atoms with van der Waals surface area (Å²) in [6, 6.07) is 9.97. The summed E-state index contributed by atoms with van der Waals surface area (Å²) in [7, 11) is 3.12. The first-order valence-electron chi connectivity index (χ1n) is 6.86. The summed E-state index contributed by atoms with van der Waals surface area (Å²) in [6.07, 6.45) is 2.08. The number of para-hydroxylation sites is 1.